The maximum atomic E-state index is 3.31. The second-order valence-corrected chi connectivity index (χ2v) is 4.16. The van der Waals surface area contributed by atoms with E-state index in [0.29, 0.717) is 11.5 Å². The molecule has 0 aliphatic carbocycles. The fourth-order valence-electron chi connectivity index (χ4n) is 1.19. The van der Waals surface area contributed by atoms with Gasteiger partial charge in [0.2, 0.25) is 0 Å². The monoisotopic (exact) mass is 143 g/mol. The lowest BCUT2D eigenvalue weighted by atomic mass is 9.87. The number of rotatable bonds is 3. The van der Waals surface area contributed by atoms with Gasteiger partial charge in [0.25, 0.3) is 0 Å². The minimum atomic E-state index is 0.462. The van der Waals surface area contributed by atoms with E-state index in [1.165, 1.54) is 12.8 Å². The molecule has 0 aliphatic heterocycles. The number of hydrogen-bond acceptors (Lipinski definition) is 1. The minimum absolute atomic E-state index is 0.462. The van der Waals surface area contributed by atoms with Crippen molar-refractivity contribution in [3.8, 4) is 0 Å². The van der Waals surface area contributed by atoms with Crippen LogP contribution in [0.2, 0.25) is 0 Å². The van der Waals surface area contributed by atoms with Crippen molar-refractivity contribution in [3.05, 3.63) is 0 Å². The lowest BCUT2D eigenvalue weighted by molar-refractivity contribution is 0.312. The molecule has 0 spiro atoms. The van der Waals surface area contributed by atoms with Crippen molar-refractivity contribution in [3.63, 3.8) is 0 Å². The maximum absolute atomic E-state index is 3.31. The van der Waals surface area contributed by atoms with E-state index in [-0.39, 0.29) is 0 Å². The van der Waals surface area contributed by atoms with Crippen molar-refractivity contribution in [2.45, 2.75) is 46.6 Å². The molecule has 0 aromatic carbocycles. The summed E-state index contributed by atoms with van der Waals surface area (Å²) in [5.41, 5.74) is 0.462. The Morgan fingerprint density at radius 3 is 1.90 bits per heavy atom. The Bertz CT molecular complexity index is 77.2. The Kier molecular flexibility index (Phi) is 3.95. The van der Waals surface area contributed by atoms with Gasteiger partial charge in [0.15, 0.2) is 0 Å². The van der Waals surface area contributed by atoms with Crippen LogP contribution in [0.5, 0.6) is 0 Å². The first-order valence-electron chi connectivity index (χ1n) is 4.17. The second kappa shape index (κ2) is 3.97. The summed E-state index contributed by atoms with van der Waals surface area (Å²) in [6.45, 7) is 9.08. The van der Waals surface area contributed by atoms with E-state index in [4.69, 9.17) is 0 Å². The normalized spacial score (nSPS) is 15.3. The van der Waals surface area contributed by atoms with Crippen molar-refractivity contribution >= 4 is 0 Å². The summed E-state index contributed by atoms with van der Waals surface area (Å²) in [6.07, 6.45) is 2.49. The Labute approximate surface area is 65.2 Å². The van der Waals surface area contributed by atoms with Crippen LogP contribution in [-0.4, -0.2) is 13.1 Å². The van der Waals surface area contributed by atoms with Gasteiger partial charge in [-0.2, -0.15) is 0 Å². The summed E-state index contributed by atoms with van der Waals surface area (Å²) in [7, 11) is 2.04. The second-order valence-electron chi connectivity index (χ2n) is 4.16. The average Bonchev–Trinajstić information content (AvgIpc) is 1.81. The van der Waals surface area contributed by atoms with Gasteiger partial charge < -0.3 is 5.32 Å². The van der Waals surface area contributed by atoms with Gasteiger partial charge in [-0.1, -0.05) is 27.7 Å². The van der Waals surface area contributed by atoms with E-state index >= 15 is 0 Å². The molecule has 0 radical (unpaired) electrons. The Morgan fingerprint density at radius 1 is 1.30 bits per heavy atom. The molecule has 0 fully saturated rings. The van der Waals surface area contributed by atoms with E-state index in [0.717, 1.165) is 0 Å². The SMILES string of the molecule is CC[C@H](CC(C)(C)C)NC. The molecule has 0 aromatic rings. The highest BCUT2D eigenvalue weighted by atomic mass is 14.9. The van der Waals surface area contributed by atoms with Gasteiger partial charge >= 0.3 is 0 Å². The summed E-state index contributed by atoms with van der Waals surface area (Å²) in [5, 5.41) is 3.31. The molecule has 0 aromatic heterocycles. The van der Waals surface area contributed by atoms with Crippen LogP contribution < -0.4 is 5.32 Å². The van der Waals surface area contributed by atoms with Crippen LogP contribution in [0.25, 0.3) is 0 Å². The first-order valence-corrected chi connectivity index (χ1v) is 4.17. The summed E-state index contributed by atoms with van der Waals surface area (Å²) in [6, 6.07) is 0.694. The van der Waals surface area contributed by atoms with E-state index in [9.17, 15) is 0 Å². The number of hydrogen-bond donors (Lipinski definition) is 1. The molecule has 0 bridgehead atoms. The van der Waals surface area contributed by atoms with Gasteiger partial charge in [-0.05, 0) is 25.3 Å². The molecule has 10 heavy (non-hydrogen) atoms. The van der Waals surface area contributed by atoms with Gasteiger partial charge in [0, 0.05) is 6.04 Å². The van der Waals surface area contributed by atoms with Crippen LogP contribution in [0.1, 0.15) is 40.5 Å². The van der Waals surface area contributed by atoms with Gasteiger partial charge in [-0.15, -0.1) is 0 Å². The molecule has 0 aliphatic rings. The summed E-state index contributed by atoms with van der Waals surface area (Å²) in [4.78, 5) is 0. The van der Waals surface area contributed by atoms with E-state index in [1.807, 2.05) is 7.05 Å². The van der Waals surface area contributed by atoms with E-state index in [1.54, 1.807) is 0 Å². The van der Waals surface area contributed by atoms with Crippen LogP contribution in [0.4, 0.5) is 0 Å². The molecule has 0 saturated heterocycles. The van der Waals surface area contributed by atoms with Gasteiger partial charge in [0.05, 0.1) is 0 Å². The molecular weight excluding hydrogens is 122 g/mol. The van der Waals surface area contributed by atoms with Crippen LogP contribution in [0.15, 0.2) is 0 Å². The summed E-state index contributed by atoms with van der Waals surface area (Å²) >= 11 is 0. The van der Waals surface area contributed by atoms with E-state index in [2.05, 4.69) is 33.0 Å². The quantitative estimate of drug-likeness (QED) is 0.640. The molecule has 1 heteroatoms. The predicted molar refractivity (Wildman–Crippen MR) is 47.2 cm³/mol. The molecule has 0 heterocycles. The third kappa shape index (κ3) is 4.80. The standard InChI is InChI=1S/C9H21N/c1-6-8(10-5)7-9(2,3)4/h8,10H,6-7H2,1-5H3/t8-/m1/s1. The molecule has 0 rings (SSSR count). The summed E-state index contributed by atoms with van der Waals surface area (Å²) in [5.74, 6) is 0. The molecule has 0 saturated carbocycles. The van der Waals surface area contributed by atoms with Crippen molar-refractivity contribution < 1.29 is 0 Å². The molecule has 0 unspecified atom stereocenters. The molecule has 1 atom stereocenters. The van der Waals surface area contributed by atoms with Crippen LogP contribution in [-0.2, 0) is 0 Å². The topological polar surface area (TPSA) is 12.0 Å². The zero-order valence-corrected chi connectivity index (χ0v) is 7.99. The van der Waals surface area contributed by atoms with Crippen LogP contribution in [0.3, 0.4) is 0 Å². The predicted octanol–water partition coefficient (Wildman–Crippen LogP) is 2.42. The van der Waals surface area contributed by atoms with Crippen molar-refractivity contribution in [1.29, 1.82) is 0 Å². The first-order chi connectivity index (χ1) is 4.49. The third-order valence-electron chi connectivity index (χ3n) is 1.76. The fraction of sp³-hybridized carbons (Fsp3) is 1.00. The highest BCUT2D eigenvalue weighted by molar-refractivity contribution is 4.71. The fourth-order valence-corrected chi connectivity index (χ4v) is 1.19. The Hall–Kier alpha value is -0.0400. The molecule has 62 valence electrons. The van der Waals surface area contributed by atoms with Crippen molar-refractivity contribution in [1.82, 2.24) is 5.32 Å². The zero-order valence-electron chi connectivity index (χ0n) is 7.99. The molecule has 1 N–H and O–H groups in total. The van der Waals surface area contributed by atoms with Crippen molar-refractivity contribution in [2.75, 3.05) is 7.05 Å². The average molecular weight is 143 g/mol. The lowest BCUT2D eigenvalue weighted by Gasteiger charge is -2.24. The minimum Gasteiger partial charge on any atom is -0.317 e. The summed E-state index contributed by atoms with van der Waals surface area (Å²) < 4.78 is 0. The zero-order chi connectivity index (χ0) is 8.20. The van der Waals surface area contributed by atoms with Crippen LogP contribution >= 0.6 is 0 Å². The molecular formula is C9H21N. The molecule has 1 nitrogen and oxygen atoms in total. The first kappa shape index (κ1) is 9.96. The Balaban J connectivity index is 3.63. The third-order valence-corrected chi connectivity index (χ3v) is 1.76. The van der Waals surface area contributed by atoms with Crippen molar-refractivity contribution in [2.24, 2.45) is 5.41 Å². The maximum Gasteiger partial charge on any atom is 0.00664 e. The lowest BCUT2D eigenvalue weighted by Crippen LogP contribution is -2.29. The van der Waals surface area contributed by atoms with Crippen LogP contribution in [0, 0.1) is 5.41 Å². The Morgan fingerprint density at radius 2 is 1.80 bits per heavy atom. The van der Waals surface area contributed by atoms with Gasteiger partial charge in [0.1, 0.15) is 0 Å². The van der Waals surface area contributed by atoms with E-state index < -0.39 is 0 Å². The van der Waals surface area contributed by atoms with Gasteiger partial charge in [-0.3, -0.25) is 0 Å². The highest BCUT2D eigenvalue weighted by Crippen LogP contribution is 2.21. The highest BCUT2D eigenvalue weighted by Gasteiger charge is 2.15. The number of nitrogens with one attached hydrogen (secondary N) is 1. The smallest absolute Gasteiger partial charge is 0.00664 e. The molecule has 0 amide bonds. The largest absolute Gasteiger partial charge is 0.317 e. The van der Waals surface area contributed by atoms with Gasteiger partial charge in [-0.25, -0.2) is 0 Å².